The maximum Gasteiger partial charge on any atom is 0.253 e. The number of nitrogens with zero attached hydrogens (tertiary/aromatic N) is 1. The van der Waals surface area contributed by atoms with Crippen LogP contribution in [0.25, 0.3) is 0 Å². The van der Waals surface area contributed by atoms with E-state index in [4.69, 9.17) is 0 Å². The van der Waals surface area contributed by atoms with Gasteiger partial charge in [0, 0.05) is 37.7 Å². The number of carbonyl (C=O) groups excluding carboxylic acids is 3. The molecule has 1 fully saturated rings. The van der Waals surface area contributed by atoms with Crippen LogP contribution in [-0.2, 0) is 9.59 Å². The Hall–Kier alpha value is -2.44. The molecule has 1 aliphatic heterocycles. The Morgan fingerprint density at radius 1 is 1.26 bits per heavy atom. The van der Waals surface area contributed by atoms with Gasteiger partial charge in [-0.3, -0.25) is 14.4 Å². The van der Waals surface area contributed by atoms with Crippen LogP contribution in [0.3, 0.4) is 0 Å². The number of piperidine rings is 1. The smallest absolute Gasteiger partial charge is 0.253 e. The van der Waals surface area contributed by atoms with E-state index in [-0.39, 0.29) is 48.5 Å². The summed E-state index contributed by atoms with van der Waals surface area (Å²) in [5.41, 5.74) is 0.416. The fourth-order valence-corrected chi connectivity index (χ4v) is 3.04. The number of likely N-dealkylation sites (tertiary alicyclic amines) is 1. The minimum atomic E-state index is -0.389. The molecule has 0 bridgehead atoms. The van der Waals surface area contributed by atoms with Crippen molar-refractivity contribution in [3.8, 4) is 0 Å². The van der Waals surface area contributed by atoms with E-state index in [0.29, 0.717) is 25.1 Å². The largest absolute Gasteiger partial charge is 0.355 e. The van der Waals surface area contributed by atoms with E-state index in [1.807, 2.05) is 13.8 Å². The van der Waals surface area contributed by atoms with E-state index < -0.39 is 0 Å². The molecule has 0 aliphatic carbocycles. The van der Waals surface area contributed by atoms with Crippen LogP contribution in [0.4, 0.5) is 4.39 Å². The second-order valence-electron chi connectivity index (χ2n) is 7.02. The van der Waals surface area contributed by atoms with Gasteiger partial charge in [-0.2, -0.15) is 0 Å². The number of hydrogen-bond acceptors (Lipinski definition) is 3. The van der Waals surface area contributed by atoms with Gasteiger partial charge in [-0.05, 0) is 50.5 Å². The molecule has 2 atom stereocenters. The molecule has 1 saturated heterocycles. The van der Waals surface area contributed by atoms with Gasteiger partial charge in [0.2, 0.25) is 11.8 Å². The van der Waals surface area contributed by atoms with Crippen LogP contribution in [0.1, 0.15) is 49.9 Å². The Balaban J connectivity index is 1.81. The second-order valence-corrected chi connectivity index (χ2v) is 7.02. The Kier molecular flexibility index (Phi) is 7.76. The Morgan fingerprint density at radius 2 is 1.96 bits per heavy atom. The zero-order valence-corrected chi connectivity index (χ0v) is 16.0. The first-order valence-corrected chi connectivity index (χ1v) is 9.52. The molecular weight excluding hydrogens is 349 g/mol. The number of benzene rings is 1. The van der Waals surface area contributed by atoms with E-state index in [2.05, 4.69) is 10.6 Å². The number of halogens is 1. The van der Waals surface area contributed by atoms with Gasteiger partial charge >= 0.3 is 0 Å². The van der Waals surface area contributed by atoms with E-state index in [1.165, 1.54) is 24.3 Å². The minimum Gasteiger partial charge on any atom is -0.355 e. The standard InChI is InChI=1S/C20H28FN3O3/c1-3-14(2)23-18(25)10-11-22-19(26)16-5-4-12-24(13-16)20(27)15-6-8-17(21)9-7-15/h6-9,14,16H,3-5,10-13H2,1-2H3,(H,22,26)(H,23,25). The quantitative estimate of drug-likeness (QED) is 0.764. The van der Waals surface area contributed by atoms with E-state index in [9.17, 15) is 18.8 Å². The van der Waals surface area contributed by atoms with Crippen LogP contribution in [0, 0.1) is 11.7 Å². The van der Waals surface area contributed by atoms with Gasteiger partial charge in [-0.25, -0.2) is 4.39 Å². The minimum absolute atomic E-state index is 0.0820. The van der Waals surface area contributed by atoms with Gasteiger partial charge in [0.15, 0.2) is 0 Å². The van der Waals surface area contributed by atoms with Crippen molar-refractivity contribution in [3.05, 3.63) is 35.6 Å². The SMILES string of the molecule is CCC(C)NC(=O)CCNC(=O)C1CCCN(C(=O)c2ccc(F)cc2)C1. The molecule has 27 heavy (non-hydrogen) atoms. The van der Waals surface area contributed by atoms with E-state index in [0.717, 1.165) is 12.8 Å². The molecule has 1 aliphatic rings. The molecule has 0 aromatic heterocycles. The van der Waals surface area contributed by atoms with Crippen LogP contribution in [-0.4, -0.2) is 48.3 Å². The summed E-state index contributed by atoms with van der Waals surface area (Å²) in [6.45, 7) is 5.13. The van der Waals surface area contributed by atoms with Crippen molar-refractivity contribution in [3.63, 3.8) is 0 Å². The van der Waals surface area contributed by atoms with Gasteiger partial charge in [0.1, 0.15) is 5.82 Å². The fourth-order valence-electron chi connectivity index (χ4n) is 3.04. The lowest BCUT2D eigenvalue weighted by Crippen LogP contribution is -2.46. The lowest BCUT2D eigenvalue weighted by Gasteiger charge is -2.32. The molecule has 148 valence electrons. The molecule has 3 amide bonds. The van der Waals surface area contributed by atoms with Crippen molar-refractivity contribution in [2.24, 2.45) is 5.92 Å². The normalized spacial score (nSPS) is 17.9. The fraction of sp³-hybridized carbons (Fsp3) is 0.550. The molecule has 1 aromatic carbocycles. The maximum absolute atomic E-state index is 13.0. The third-order valence-corrected chi connectivity index (χ3v) is 4.84. The summed E-state index contributed by atoms with van der Waals surface area (Å²) >= 11 is 0. The lowest BCUT2D eigenvalue weighted by atomic mass is 9.96. The first-order valence-electron chi connectivity index (χ1n) is 9.52. The van der Waals surface area contributed by atoms with E-state index in [1.54, 1.807) is 4.90 Å². The van der Waals surface area contributed by atoms with Crippen LogP contribution in [0.2, 0.25) is 0 Å². The van der Waals surface area contributed by atoms with Crippen LogP contribution >= 0.6 is 0 Å². The highest BCUT2D eigenvalue weighted by atomic mass is 19.1. The summed E-state index contributed by atoms with van der Waals surface area (Å²) < 4.78 is 13.0. The van der Waals surface area contributed by atoms with E-state index >= 15 is 0 Å². The Labute approximate surface area is 159 Å². The molecular formula is C20H28FN3O3. The van der Waals surface area contributed by atoms with Gasteiger partial charge in [0.25, 0.3) is 5.91 Å². The Bertz CT molecular complexity index is 663. The molecule has 7 heteroatoms. The van der Waals surface area contributed by atoms with Crippen molar-refractivity contribution in [2.45, 2.75) is 45.6 Å². The molecule has 2 unspecified atom stereocenters. The van der Waals surface area contributed by atoms with Gasteiger partial charge in [-0.1, -0.05) is 6.92 Å². The number of hydrogen-bond donors (Lipinski definition) is 2. The number of amides is 3. The summed E-state index contributed by atoms with van der Waals surface area (Å²) in [6, 6.07) is 5.55. The predicted octanol–water partition coefficient (Wildman–Crippen LogP) is 2.10. The number of nitrogens with one attached hydrogen (secondary N) is 2. The summed E-state index contributed by atoms with van der Waals surface area (Å²) in [5, 5.41) is 5.65. The second kappa shape index (κ2) is 10.0. The van der Waals surface area contributed by atoms with Gasteiger partial charge < -0.3 is 15.5 Å². The summed E-state index contributed by atoms with van der Waals surface area (Å²) in [4.78, 5) is 38.3. The molecule has 1 aromatic rings. The molecule has 6 nitrogen and oxygen atoms in total. The zero-order chi connectivity index (χ0) is 19.8. The predicted molar refractivity (Wildman–Crippen MR) is 101 cm³/mol. The maximum atomic E-state index is 13.0. The van der Waals surface area contributed by atoms with Crippen molar-refractivity contribution in [1.82, 2.24) is 15.5 Å². The van der Waals surface area contributed by atoms with Crippen LogP contribution < -0.4 is 10.6 Å². The zero-order valence-electron chi connectivity index (χ0n) is 16.0. The highest BCUT2D eigenvalue weighted by molar-refractivity contribution is 5.94. The highest BCUT2D eigenvalue weighted by Crippen LogP contribution is 2.19. The van der Waals surface area contributed by atoms with Crippen molar-refractivity contribution >= 4 is 17.7 Å². The first kappa shape index (κ1) is 20.9. The monoisotopic (exact) mass is 377 g/mol. The van der Waals surface area contributed by atoms with Crippen LogP contribution in [0.15, 0.2) is 24.3 Å². The summed E-state index contributed by atoms with van der Waals surface area (Å²) in [5.74, 6) is -1.09. The lowest BCUT2D eigenvalue weighted by molar-refractivity contribution is -0.126. The van der Waals surface area contributed by atoms with Crippen molar-refractivity contribution in [1.29, 1.82) is 0 Å². The van der Waals surface area contributed by atoms with Crippen molar-refractivity contribution in [2.75, 3.05) is 19.6 Å². The Morgan fingerprint density at radius 3 is 2.63 bits per heavy atom. The molecule has 0 spiro atoms. The third-order valence-electron chi connectivity index (χ3n) is 4.84. The molecule has 0 saturated carbocycles. The number of rotatable bonds is 7. The molecule has 0 radical (unpaired) electrons. The molecule has 1 heterocycles. The summed E-state index contributed by atoms with van der Waals surface area (Å²) in [7, 11) is 0. The molecule has 2 N–H and O–H groups in total. The topological polar surface area (TPSA) is 78.5 Å². The number of carbonyl (C=O) groups is 3. The van der Waals surface area contributed by atoms with Gasteiger partial charge in [-0.15, -0.1) is 0 Å². The van der Waals surface area contributed by atoms with Gasteiger partial charge in [0.05, 0.1) is 5.92 Å². The average molecular weight is 377 g/mol. The van der Waals surface area contributed by atoms with Crippen molar-refractivity contribution < 1.29 is 18.8 Å². The first-order chi connectivity index (χ1) is 12.9. The summed E-state index contributed by atoms with van der Waals surface area (Å²) in [6.07, 6.45) is 2.54. The highest BCUT2D eigenvalue weighted by Gasteiger charge is 2.28. The third kappa shape index (κ3) is 6.34. The van der Waals surface area contributed by atoms with Crippen LogP contribution in [0.5, 0.6) is 0 Å². The average Bonchev–Trinajstić information content (AvgIpc) is 2.67. The molecule has 2 rings (SSSR count).